The van der Waals surface area contributed by atoms with E-state index in [1.165, 1.54) is 0 Å². The number of imidazole rings is 1. The molecule has 0 amide bonds. The Morgan fingerprint density at radius 3 is 2.53 bits per heavy atom. The molecule has 0 atom stereocenters. The number of nitrogens with zero attached hydrogens (tertiary/aromatic N) is 5. The molecule has 8 nitrogen and oxygen atoms in total. The first-order valence-corrected chi connectivity index (χ1v) is 13.3. The average Bonchev–Trinajstić information content (AvgIpc) is 3.35. The van der Waals surface area contributed by atoms with Gasteiger partial charge in [0.05, 0.1) is 26.1 Å². The summed E-state index contributed by atoms with van der Waals surface area (Å²) in [6, 6.07) is 8.67. The Bertz CT molecular complexity index is 1120. The average molecular weight is 494 g/mol. The molecule has 8 heteroatoms. The number of aromatic nitrogens is 4. The van der Waals surface area contributed by atoms with Crippen LogP contribution in [0.2, 0.25) is 0 Å². The highest BCUT2D eigenvalue weighted by molar-refractivity contribution is 5.88. The topological polar surface area (TPSA) is 82.4 Å². The van der Waals surface area contributed by atoms with Crippen LogP contribution in [0.1, 0.15) is 70.9 Å². The lowest BCUT2D eigenvalue weighted by atomic mass is 10.1. The summed E-state index contributed by atoms with van der Waals surface area (Å²) in [5, 5.41) is 0. The molecular formula is C28H39N5O3. The van der Waals surface area contributed by atoms with Crippen LogP contribution < -0.4 is 4.90 Å². The van der Waals surface area contributed by atoms with Crippen LogP contribution in [-0.4, -0.2) is 58.2 Å². The van der Waals surface area contributed by atoms with Crippen LogP contribution in [0.25, 0.3) is 22.4 Å². The molecule has 0 unspecified atom stereocenters. The Kier molecular flexibility index (Phi) is 9.41. The molecule has 36 heavy (non-hydrogen) atoms. The summed E-state index contributed by atoms with van der Waals surface area (Å²) in [5.41, 5.74) is 4.71. The second-order valence-corrected chi connectivity index (χ2v) is 9.70. The first kappa shape index (κ1) is 26.2. The highest BCUT2D eigenvalue weighted by Gasteiger charge is 2.20. The molecule has 1 fully saturated rings. The number of hydrogen-bond acceptors (Lipinski definition) is 7. The number of carbonyl (C=O) groups is 1. The zero-order valence-corrected chi connectivity index (χ0v) is 21.9. The van der Waals surface area contributed by atoms with Gasteiger partial charge in [0.15, 0.2) is 5.65 Å². The van der Waals surface area contributed by atoms with E-state index in [9.17, 15) is 4.79 Å². The number of carbonyl (C=O) groups excluding carboxylic acids is 1. The highest BCUT2D eigenvalue weighted by Crippen LogP contribution is 2.29. The maximum atomic E-state index is 11.4. The monoisotopic (exact) mass is 493 g/mol. The fourth-order valence-corrected chi connectivity index (χ4v) is 4.39. The Morgan fingerprint density at radius 2 is 1.81 bits per heavy atom. The maximum absolute atomic E-state index is 11.4. The number of fused-ring (bicyclic) bond motifs is 1. The number of benzene rings is 1. The Hall–Kier alpha value is -2.84. The molecule has 1 aromatic carbocycles. The van der Waals surface area contributed by atoms with Crippen LogP contribution in [0.3, 0.4) is 0 Å². The molecule has 3 aromatic rings. The van der Waals surface area contributed by atoms with Crippen molar-refractivity contribution in [1.29, 1.82) is 0 Å². The predicted molar refractivity (Wildman–Crippen MR) is 142 cm³/mol. The van der Waals surface area contributed by atoms with Gasteiger partial charge >= 0.3 is 0 Å². The zero-order valence-electron chi connectivity index (χ0n) is 21.9. The lowest BCUT2D eigenvalue weighted by molar-refractivity contribution is -0.118. The van der Waals surface area contributed by atoms with Crippen molar-refractivity contribution in [3.63, 3.8) is 0 Å². The molecule has 1 saturated heterocycles. The number of morpholine rings is 1. The maximum Gasteiger partial charge on any atom is 0.228 e. The van der Waals surface area contributed by atoms with E-state index < -0.39 is 0 Å². The van der Waals surface area contributed by atoms with Gasteiger partial charge < -0.3 is 18.9 Å². The molecule has 3 heterocycles. The smallest absolute Gasteiger partial charge is 0.228 e. The number of rotatable bonds is 13. The van der Waals surface area contributed by atoms with Crippen molar-refractivity contribution >= 4 is 22.9 Å². The van der Waals surface area contributed by atoms with Crippen molar-refractivity contribution in [3.8, 4) is 11.3 Å². The summed E-state index contributed by atoms with van der Waals surface area (Å²) >= 11 is 0. The molecule has 2 aromatic heterocycles. The fourth-order valence-electron chi connectivity index (χ4n) is 4.39. The minimum absolute atomic E-state index is 0.258. The summed E-state index contributed by atoms with van der Waals surface area (Å²) in [5.74, 6) is 1.10. The van der Waals surface area contributed by atoms with Gasteiger partial charge in [0, 0.05) is 44.1 Å². The van der Waals surface area contributed by atoms with Crippen LogP contribution in [0, 0.1) is 0 Å². The van der Waals surface area contributed by atoms with E-state index in [0.29, 0.717) is 38.4 Å². The molecule has 194 valence electrons. The van der Waals surface area contributed by atoms with Crippen molar-refractivity contribution < 1.29 is 14.3 Å². The van der Waals surface area contributed by atoms with Crippen LogP contribution in [0.15, 0.2) is 30.6 Å². The lowest BCUT2D eigenvalue weighted by Crippen LogP contribution is -2.37. The number of hydrogen-bond donors (Lipinski definition) is 0. The minimum Gasteiger partial charge on any atom is -0.378 e. The van der Waals surface area contributed by atoms with Crippen molar-refractivity contribution in [2.45, 2.75) is 71.9 Å². The third-order valence-corrected chi connectivity index (χ3v) is 6.64. The standard InChI is InChI=1S/C28H39N5O3/c1-4-24(34)9-7-5-6-8-16-36-19-22-10-12-23(13-11-22)25-26-27(33(20-29-26)21(2)3)31-28(30-25)32-14-17-35-18-15-32/h10-13,20-21H,4-9,14-19H2,1-3H3. The van der Waals surface area contributed by atoms with E-state index in [2.05, 4.69) is 52.6 Å². The quantitative estimate of drug-likeness (QED) is 0.297. The molecule has 0 aliphatic carbocycles. The fraction of sp³-hybridized carbons (Fsp3) is 0.571. The van der Waals surface area contributed by atoms with Crippen molar-refractivity contribution in [3.05, 3.63) is 36.2 Å². The second kappa shape index (κ2) is 12.9. The number of Topliss-reactive ketones (excluding diaryl/α,β-unsaturated/α-hetero) is 1. The molecule has 1 aliphatic heterocycles. The Balaban J connectivity index is 1.39. The van der Waals surface area contributed by atoms with E-state index in [-0.39, 0.29) is 6.04 Å². The van der Waals surface area contributed by atoms with Crippen LogP contribution >= 0.6 is 0 Å². The summed E-state index contributed by atoms with van der Waals surface area (Å²) in [4.78, 5) is 28.1. The van der Waals surface area contributed by atoms with Crippen LogP contribution in [0.5, 0.6) is 0 Å². The van der Waals surface area contributed by atoms with Gasteiger partial charge in [-0.1, -0.05) is 44.0 Å². The molecule has 0 saturated carbocycles. The van der Waals surface area contributed by atoms with E-state index in [4.69, 9.17) is 19.4 Å². The summed E-state index contributed by atoms with van der Waals surface area (Å²) in [6.45, 7) is 10.5. The molecule has 1 aliphatic rings. The molecular weight excluding hydrogens is 454 g/mol. The highest BCUT2D eigenvalue weighted by atomic mass is 16.5. The van der Waals surface area contributed by atoms with Gasteiger partial charge in [-0.15, -0.1) is 0 Å². The van der Waals surface area contributed by atoms with Gasteiger partial charge in [-0.3, -0.25) is 4.79 Å². The summed E-state index contributed by atoms with van der Waals surface area (Å²) in [6.07, 6.45) is 7.45. The lowest BCUT2D eigenvalue weighted by Gasteiger charge is -2.27. The van der Waals surface area contributed by atoms with Crippen molar-refractivity contribution in [2.24, 2.45) is 0 Å². The van der Waals surface area contributed by atoms with Crippen molar-refractivity contribution in [2.75, 3.05) is 37.8 Å². The first-order valence-electron chi connectivity index (χ1n) is 13.3. The molecule has 0 spiro atoms. The van der Waals surface area contributed by atoms with Gasteiger partial charge in [-0.2, -0.15) is 4.98 Å². The van der Waals surface area contributed by atoms with Gasteiger partial charge in [-0.05, 0) is 32.3 Å². The van der Waals surface area contributed by atoms with Gasteiger partial charge in [0.1, 0.15) is 17.0 Å². The second-order valence-electron chi connectivity index (χ2n) is 9.70. The molecule has 4 rings (SSSR count). The van der Waals surface area contributed by atoms with Gasteiger partial charge in [0.2, 0.25) is 5.95 Å². The largest absolute Gasteiger partial charge is 0.378 e. The van der Waals surface area contributed by atoms with E-state index in [1.807, 2.05) is 13.3 Å². The first-order chi connectivity index (χ1) is 17.6. The summed E-state index contributed by atoms with van der Waals surface area (Å²) < 4.78 is 13.5. The minimum atomic E-state index is 0.258. The van der Waals surface area contributed by atoms with Crippen LogP contribution in [-0.2, 0) is 20.9 Å². The predicted octanol–water partition coefficient (Wildman–Crippen LogP) is 5.36. The SMILES string of the molecule is CCC(=O)CCCCCCOCc1ccc(-c2nc(N3CCOCC3)nc3c2ncn3C(C)C)cc1. The number of ether oxygens (including phenoxy) is 2. The Labute approximate surface area is 214 Å². The van der Waals surface area contributed by atoms with Gasteiger partial charge in [-0.25, -0.2) is 9.97 Å². The third kappa shape index (κ3) is 6.68. The molecule has 0 N–H and O–H groups in total. The normalized spacial score (nSPS) is 14.2. The van der Waals surface area contributed by atoms with Crippen molar-refractivity contribution in [1.82, 2.24) is 19.5 Å². The summed E-state index contributed by atoms with van der Waals surface area (Å²) in [7, 11) is 0. The molecule has 0 radical (unpaired) electrons. The third-order valence-electron chi connectivity index (χ3n) is 6.64. The number of unbranched alkanes of at least 4 members (excludes halogenated alkanes) is 3. The van der Waals surface area contributed by atoms with E-state index in [1.54, 1.807) is 0 Å². The van der Waals surface area contributed by atoms with Gasteiger partial charge in [0.25, 0.3) is 0 Å². The number of anilines is 1. The van der Waals surface area contributed by atoms with E-state index >= 15 is 0 Å². The molecule has 0 bridgehead atoms. The van der Waals surface area contributed by atoms with E-state index in [0.717, 1.165) is 79.3 Å². The Morgan fingerprint density at radius 1 is 1.06 bits per heavy atom. The zero-order chi connectivity index (χ0) is 25.3. The van der Waals surface area contributed by atoms with Crippen LogP contribution in [0.4, 0.5) is 5.95 Å². The number of ketones is 1.